The lowest BCUT2D eigenvalue weighted by Gasteiger charge is -2.07. The standard InChI is InChI=1S/C10H21O5/c1-2-12-5-6-14-9-10-15-8-7-13-4-3-11/h11H,1-10H2/q-1. The lowest BCUT2D eigenvalue weighted by molar-refractivity contribution is -0.00335. The Kier molecular flexibility index (Phi) is 13.6. The number of rotatable bonds is 12. The maximum atomic E-state index is 8.41. The van der Waals surface area contributed by atoms with Crippen LogP contribution in [-0.2, 0) is 18.9 Å². The van der Waals surface area contributed by atoms with E-state index < -0.39 is 0 Å². The summed E-state index contributed by atoms with van der Waals surface area (Å²) in [5.41, 5.74) is 0. The second-order valence-corrected chi connectivity index (χ2v) is 2.67. The zero-order valence-electron chi connectivity index (χ0n) is 9.15. The van der Waals surface area contributed by atoms with Crippen LogP contribution in [0.15, 0.2) is 0 Å². The predicted molar refractivity (Wildman–Crippen MR) is 55.7 cm³/mol. The molecule has 0 bridgehead atoms. The normalized spacial score (nSPS) is 10.8. The van der Waals surface area contributed by atoms with Crippen molar-refractivity contribution in [2.75, 3.05) is 59.5 Å². The lowest BCUT2D eigenvalue weighted by Crippen LogP contribution is -2.12. The number of hydrogen-bond donors (Lipinski definition) is 1. The molecule has 0 unspecified atom stereocenters. The van der Waals surface area contributed by atoms with Gasteiger partial charge in [0, 0.05) is 0 Å². The van der Waals surface area contributed by atoms with Crippen molar-refractivity contribution < 1.29 is 24.1 Å². The van der Waals surface area contributed by atoms with Crippen LogP contribution >= 0.6 is 0 Å². The molecule has 0 saturated carbocycles. The second-order valence-electron chi connectivity index (χ2n) is 2.67. The zero-order chi connectivity index (χ0) is 11.2. The third kappa shape index (κ3) is 13.8. The molecule has 0 aromatic heterocycles. The minimum absolute atomic E-state index is 0.0510. The molecule has 0 aromatic carbocycles. The third-order valence-electron chi connectivity index (χ3n) is 1.50. The van der Waals surface area contributed by atoms with Crippen molar-refractivity contribution in [2.24, 2.45) is 0 Å². The van der Waals surface area contributed by atoms with Gasteiger partial charge in [-0.15, -0.1) is 0 Å². The van der Waals surface area contributed by atoms with Crippen molar-refractivity contribution in [3.63, 3.8) is 0 Å². The van der Waals surface area contributed by atoms with Crippen LogP contribution in [-0.4, -0.2) is 64.6 Å². The minimum atomic E-state index is 0.0510. The van der Waals surface area contributed by atoms with Crippen molar-refractivity contribution in [2.45, 2.75) is 0 Å². The van der Waals surface area contributed by atoms with Crippen molar-refractivity contribution in [3.8, 4) is 0 Å². The van der Waals surface area contributed by atoms with Gasteiger partial charge < -0.3 is 31.0 Å². The second kappa shape index (κ2) is 13.8. The molecule has 5 heteroatoms. The average molecular weight is 221 g/mol. The molecule has 0 rings (SSSR count). The zero-order valence-corrected chi connectivity index (χ0v) is 9.15. The Morgan fingerprint density at radius 1 is 0.667 bits per heavy atom. The molecule has 0 atom stereocenters. The molecule has 5 nitrogen and oxygen atoms in total. The van der Waals surface area contributed by atoms with Crippen molar-refractivity contribution in [1.29, 1.82) is 0 Å². The van der Waals surface area contributed by atoms with E-state index in [1.165, 1.54) is 0 Å². The van der Waals surface area contributed by atoms with Crippen LogP contribution in [0.1, 0.15) is 0 Å². The Hall–Kier alpha value is -0.200. The van der Waals surface area contributed by atoms with Gasteiger partial charge in [0.15, 0.2) is 0 Å². The largest absolute Gasteiger partial charge is 0.411 e. The van der Waals surface area contributed by atoms with Gasteiger partial charge >= 0.3 is 0 Å². The molecular formula is C10H21O5-. The fourth-order valence-electron chi connectivity index (χ4n) is 0.826. The molecule has 0 amide bonds. The van der Waals surface area contributed by atoms with Gasteiger partial charge in [-0.3, -0.25) is 0 Å². The van der Waals surface area contributed by atoms with E-state index in [-0.39, 0.29) is 6.61 Å². The molecule has 0 spiro atoms. The molecule has 0 aliphatic heterocycles. The molecule has 0 aromatic rings. The van der Waals surface area contributed by atoms with Gasteiger partial charge in [0.1, 0.15) is 0 Å². The van der Waals surface area contributed by atoms with Crippen LogP contribution < -0.4 is 0 Å². The van der Waals surface area contributed by atoms with Crippen molar-refractivity contribution >= 4 is 0 Å². The van der Waals surface area contributed by atoms with Gasteiger partial charge in [0.25, 0.3) is 0 Å². The highest BCUT2D eigenvalue weighted by Gasteiger charge is 1.90. The molecule has 1 N–H and O–H groups in total. The summed E-state index contributed by atoms with van der Waals surface area (Å²) in [7, 11) is 0. The van der Waals surface area contributed by atoms with Gasteiger partial charge in [-0.2, -0.15) is 0 Å². The smallest absolute Gasteiger partial charge is 0.0701 e. The SMILES string of the molecule is [CH2-]COCCOCCOCCOCCO. The Balaban J connectivity index is 2.81. The summed E-state index contributed by atoms with van der Waals surface area (Å²) in [5.74, 6) is 0. The monoisotopic (exact) mass is 221 g/mol. The molecule has 92 valence electrons. The van der Waals surface area contributed by atoms with E-state index in [2.05, 4.69) is 6.92 Å². The van der Waals surface area contributed by atoms with E-state index >= 15 is 0 Å². The highest BCUT2D eigenvalue weighted by atomic mass is 16.6. The van der Waals surface area contributed by atoms with Crippen LogP contribution in [0.3, 0.4) is 0 Å². The van der Waals surface area contributed by atoms with Crippen LogP contribution in [0.5, 0.6) is 0 Å². The Morgan fingerprint density at radius 2 is 1.07 bits per heavy atom. The summed E-state index contributed by atoms with van der Waals surface area (Å²) in [5, 5.41) is 8.41. The van der Waals surface area contributed by atoms with Gasteiger partial charge in [-0.05, 0) is 0 Å². The van der Waals surface area contributed by atoms with E-state index in [0.29, 0.717) is 52.9 Å². The third-order valence-corrected chi connectivity index (χ3v) is 1.50. The van der Waals surface area contributed by atoms with Crippen LogP contribution in [0.25, 0.3) is 0 Å². The van der Waals surface area contributed by atoms with E-state index in [1.807, 2.05) is 0 Å². The van der Waals surface area contributed by atoms with Crippen molar-refractivity contribution in [1.82, 2.24) is 0 Å². The fourth-order valence-corrected chi connectivity index (χ4v) is 0.826. The maximum absolute atomic E-state index is 8.41. The highest BCUT2D eigenvalue weighted by molar-refractivity contribution is 4.35. The molecule has 15 heavy (non-hydrogen) atoms. The molecule has 0 aliphatic rings. The maximum Gasteiger partial charge on any atom is 0.0701 e. The van der Waals surface area contributed by atoms with E-state index in [1.54, 1.807) is 0 Å². The van der Waals surface area contributed by atoms with Gasteiger partial charge in [-0.25, -0.2) is 0 Å². The highest BCUT2D eigenvalue weighted by Crippen LogP contribution is 1.82. The van der Waals surface area contributed by atoms with Crippen LogP contribution in [0, 0.1) is 6.92 Å². The summed E-state index contributed by atoms with van der Waals surface area (Å²) in [6.45, 7) is 7.70. The van der Waals surface area contributed by atoms with Crippen LogP contribution in [0.2, 0.25) is 0 Å². The summed E-state index contributed by atoms with van der Waals surface area (Å²) < 4.78 is 20.4. The summed E-state index contributed by atoms with van der Waals surface area (Å²) in [6.07, 6.45) is 0. The first-order valence-corrected chi connectivity index (χ1v) is 5.13. The van der Waals surface area contributed by atoms with E-state index in [4.69, 9.17) is 24.1 Å². The first-order chi connectivity index (χ1) is 7.41. The molecule has 0 fully saturated rings. The summed E-state index contributed by atoms with van der Waals surface area (Å²) in [6, 6.07) is 0. The molecule has 0 saturated heterocycles. The minimum Gasteiger partial charge on any atom is -0.411 e. The van der Waals surface area contributed by atoms with Gasteiger partial charge in [0.2, 0.25) is 0 Å². The molecule has 0 aliphatic carbocycles. The Morgan fingerprint density at radius 3 is 1.47 bits per heavy atom. The average Bonchev–Trinajstić information content (AvgIpc) is 2.26. The number of aliphatic hydroxyl groups excluding tert-OH is 1. The summed E-state index contributed by atoms with van der Waals surface area (Å²) >= 11 is 0. The molecular weight excluding hydrogens is 200 g/mol. The fraction of sp³-hybridized carbons (Fsp3) is 0.900. The van der Waals surface area contributed by atoms with Crippen molar-refractivity contribution in [3.05, 3.63) is 6.92 Å². The number of hydrogen-bond acceptors (Lipinski definition) is 5. The first-order valence-electron chi connectivity index (χ1n) is 5.13. The molecule has 0 heterocycles. The Labute approximate surface area is 91.3 Å². The quantitative estimate of drug-likeness (QED) is 0.368. The molecule has 0 radical (unpaired) electrons. The van der Waals surface area contributed by atoms with E-state index in [9.17, 15) is 0 Å². The first kappa shape index (κ1) is 14.8. The van der Waals surface area contributed by atoms with Gasteiger partial charge in [-0.1, -0.05) is 6.61 Å². The Bertz CT molecular complexity index is 98.0. The van der Waals surface area contributed by atoms with Crippen LogP contribution in [0.4, 0.5) is 0 Å². The number of ether oxygens (including phenoxy) is 4. The van der Waals surface area contributed by atoms with Gasteiger partial charge in [0.05, 0.1) is 52.9 Å². The number of aliphatic hydroxyl groups is 1. The topological polar surface area (TPSA) is 57.2 Å². The van der Waals surface area contributed by atoms with E-state index in [0.717, 1.165) is 0 Å². The summed E-state index contributed by atoms with van der Waals surface area (Å²) in [4.78, 5) is 0. The predicted octanol–water partition coefficient (Wildman–Crippen LogP) is -0.121. The lowest BCUT2D eigenvalue weighted by atomic mass is 10.7.